The van der Waals surface area contributed by atoms with Crippen LogP contribution in [0.3, 0.4) is 0 Å². The van der Waals surface area contributed by atoms with Gasteiger partial charge >= 0.3 is 0 Å². The predicted octanol–water partition coefficient (Wildman–Crippen LogP) is 5.91. The fraction of sp³-hybridized carbons (Fsp3) is 0.741. The minimum Gasteiger partial charge on any atom is -0.390 e. The molecule has 3 rings (SSSR count). The van der Waals surface area contributed by atoms with Crippen molar-refractivity contribution >= 4 is 5.78 Å². The lowest BCUT2D eigenvalue weighted by molar-refractivity contribution is -0.114. The third-order valence-electron chi connectivity index (χ3n) is 8.39. The Morgan fingerprint density at radius 2 is 2.03 bits per heavy atom. The molecule has 3 aliphatic rings. The molecule has 0 amide bonds. The Labute approximate surface area is 183 Å². The van der Waals surface area contributed by atoms with E-state index in [-0.39, 0.29) is 17.1 Å². The number of ketones is 1. The monoisotopic (exact) mass is 414 g/mol. The average Bonchev–Trinajstić information content (AvgIpc) is 3.00. The Hall–Kier alpha value is -1.19. The summed E-state index contributed by atoms with van der Waals surface area (Å²) in [4.78, 5) is 11.8. The molecule has 3 nitrogen and oxygen atoms in total. The number of aliphatic hydroxyl groups is 2. The highest BCUT2D eigenvalue weighted by molar-refractivity contribution is 5.93. The van der Waals surface area contributed by atoms with Crippen molar-refractivity contribution in [3.8, 4) is 0 Å². The van der Waals surface area contributed by atoms with E-state index in [0.717, 1.165) is 56.1 Å². The quantitative estimate of drug-likeness (QED) is 0.544. The second-order valence-electron chi connectivity index (χ2n) is 11.3. The van der Waals surface area contributed by atoms with E-state index < -0.39 is 11.2 Å². The second kappa shape index (κ2) is 8.74. The van der Waals surface area contributed by atoms with Gasteiger partial charge < -0.3 is 10.2 Å². The smallest absolute Gasteiger partial charge is 0.156 e. The van der Waals surface area contributed by atoms with Gasteiger partial charge in [0.15, 0.2) is 5.78 Å². The maximum atomic E-state index is 11.8. The van der Waals surface area contributed by atoms with Gasteiger partial charge in [0.2, 0.25) is 0 Å². The predicted molar refractivity (Wildman–Crippen MR) is 123 cm³/mol. The van der Waals surface area contributed by atoms with Crippen molar-refractivity contribution < 1.29 is 15.0 Å². The zero-order valence-electron chi connectivity index (χ0n) is 19.5. The number of hydrogen-bond acceptors (Lipinski definition) is 3. The van der Waals surface area contributed by atoms with E-state index >= 15 is 0 Å². The third kappa shape index (κ3) is 4.99. The molecule has 0 aliphatic heterocycles. The minimum atomic E-state index is -0.795. The van der Waals surface area contributed by atoms with Crippen LogP contribution in [0.4, 0.5) is 0 Å². The van der Waals surface area contributed by atoms with Gasteiger partial charge in [-0.3, -0.25) is 4.79 Å². The van der Waals surface area contributed by atoms with Crippen LogP contribution in [0.25, 0.3) is 0 Å². The third-order valence-corrected chi connectivity index (χ3v) is 8.39. The lowest BCUT2D eigenvalue weighted by atomic mass is 9.57. The molecule has 0 spiro atoms. The van der Waals surface area contributed by atoms with Crippen LogP contribution in [0.5, 0.6) is 0 Å². The Morgan fingerprint density at radius 1 is 1.30 bits per heavy atom. The van der Waals surface area contributed by atoms with Crippen molar-refractivity contribution in [2.75, 3.05) is 0 Å². The first-order valence-electron chi connectivity index (χ1n) is 12.0. The Morgan fingerprint density at radius 3 is 2.73 bits per heavy atom. The first-order valence-corrected chi connectivity index (χ1v) is 12.0. The van der Waals surface area contributed by atoms with E-state index in [2.05, 4.69) is 20.4 Å². The van der Waals surface area contributed by atoms with Crippen LogP contribution in [0.2, 0.25) is 0 Å². The number of hydrogen-bond donors (Lipinski definition) is 2. The van der Waals surface area contributed by atoms with Crippen molar-refractivity contribution in [2.24, 2.45) is 23.2 Å². The van der Waals surface area contributed by atoms with Crippen molar-refractivity contribution in [3.63, 3.8) is 0 Å². The summed E-state index contributed by atoms with van der Waals surface area (Å²) in [6.07, 6.45) is 15.2. The van der Waals surface area contributed by atoms with E-state index in [0.29, 0.717) is 18.3 Å². The number of fused-ring (bicyclic) bond motifs is 1. The topological polar surface area (TPSA) is 57.5 Å². The molecule has 5 atom stereocenters. The van der Waals surface area contributed by atoms with E-state index in [4.69, 9.17) is 0 Å². The molecule has 2 fully saturated rings. The van der Waals surface area contributed by atoms with Gasteiger partial charge in [-0.05, 0) is 99.2 Å². The number of carbonyl (C=O) groups is 1. The van der Waals surface area contributed by atoms with E-state index in [9.17, 15) is 15.0 Å². The Kier molecular flexibility index (Phi) is 6.84. The molecule has 0 saturated heterocycles. The number of rotatable bonds is 7. The van der Waals surface area contributed by atoms with Crippen molar-refractivity contribution in [2.45, 2.75) is 103 Å². The molecule has 168 valence electrons. The van der Waals surface area contributed by atoms with Crippen LogP contribution >= 0.6 is 0 Å². The molecule has 3 aliphatic carbocycles. The Balaban J connectivity index is 1.72. The number of carbonyl (C=O) groups excluding carboxylic acids is 1. The molecule has 30 heavy (non-hydrogen) atoms. The molecule has 0 heterocycles. The van der Waals surface area contributed by atoms with Gasteiger partial charge in [0.25, 0.3) is 0 Å². The van der Waals surface area contributed by atoms with Crippen molar-refractivity contribution in [1.29, 1.82) is 0 Å². The molecule has 0 aromatic heterocycles. The molecule has 0 bridgehead atoms. The molecule has 2 N–H and O–H groups in total. The fourth-order valence-corrected chi connectivity index (χ4v) is 6.73. The van der Waals surface area contributed by atoms with Gasteiger partial charge in [-0.15, -0.1) is 0 Å². The summed E-state index contributed by atoms with van der Waals surface area (Å²) in [6.45, 7) is 12.7. The van der Waals surface area contributed by atoms with E-state index in [1.54, 1.807) is 6.08 Å². The van der Waals surface area contributed by atoms with E-state index in [1.165, 1.54) is 12.8 Å². The van der Waals surface area contributed by atoms with Gasteiger partial charge in [0.05, 0.1) is 11.2 Å². The molecule has 2 saturated carbocycles. The molecule has 0 radical (unpaired) electrons. The van der Waals surface area contributed by atoms with Crippen LogP contribution in [0.1, 0.15) is 91.9 Å². The highest BCUT2D eigenvalue weighted by Crippen LogP contribution is 2.61. The summed E-state index contributed by atoms with van der Waals surface area (Å²) in [7, 11) is 0. The van der Waals surface area contributed by atoms with E-state index in [1.807, 2.05) is 26.0 Å². The molecule has 0 aromatic carbocycles. The summed E-state index contributed by atoms with van der Waals surface area (Å²) in [5.74, 6) is 1.65. The summed E-state index contributed by atoms with van der Waals surface area (Å²) >= 11 is 0. The van der Waals surface area contributed by atoms with Gasteiger partial charge in [0, 0.05) is 6.42 Å². The molecular weight excluding hydrogens is 372 g/mol. The molecule has 0 aromatic rings. The molecular formula is C27H42O3. The average molecular weight is 415 g/mol. The normalized spacial score (nSPS) is 36.1. The van der Waals surface area contributed by atoms with Crippen LogP contribution < -0.4 is 0 Å². The van der Waals surface area contributed by atoms with Crippen LogP contribution in [-0.2, 0) is 4.79 Å². The lowest BCUT2D eigenvalue weighted by Gasteiger charge is -2.50. The second-order valence-corrected chi connectivity index (χ2v) is 11.3. The standard InChI is InChI=1S/C27H42O3/c1-19-9-10-22(28)18-21(19)13-17-27(30)16-7-15-26(5)23(11-12-24(26)27)20(2)8-6-14-25(3,4)29/h13,17-18,20,23-24,29-30H,1,6-12,14-16H2,2-5H3/b17-13+/t20-,23-,24-,26-,27+/m1/s1. The highest BCUT2D eigenvalue weighted by Gasteiger charge is 2.57. The molecule has 3 heteroatoms. The number of allylic oxidation sites excluding steroid dienone is 4. The Bertz CT molecular complexity index is 725. The summed E-state index contributed by atoms with van der Waals surface area (Å²) < 4.78 is 0. The fourth-order valence-electron chi connectivity index (χ4n) is 6.73. The first-order chi connectivity index (χ1) is 13.9. The maximum absolute atomic E-state index is 11.8. The van der Waals surface area contributed by atoms with Gasteiger partial charge in [-0.2, -0.15) is 0 Å². The molecule has 0 unspecified atom stereocenters. The zero-order chi connectivity index (χ0) is 22.2. The van der Waals surface area contributed by atoms with Crippen LogP contribution in [0.15, 0.2) is 36.0 Å². The lowest BCUT2D eigenvalue weighted by Crippen LogP contribution is -2.49. The van der Waals surface area contributed by atoms with Gasteiger partial charge in [0.1, 0.15) is 0 Å². The summed E-state index contributed by atoms with van der Waals surface area (Å²) in [5.41, 5.74) is 0.658. The zero-order valence-corrected chi connectivity index (χ0v) is 19.5. The van der Waals surface area contributed by atoms with Gasteiger partial charge in [-0.1, -0.05) is 45.4 Å². The SMILES string of the molecule is C=C1CCC(=O)C=C1/C=C/[C@@]1(O)CCC[C@]2(C)[C@@H]([C@H](C)CCCC(C)(C)O)CC[C@H]21. The summed E-state index contributed by atoms with van der Waals surface area (Å²) in [5, 5.41) is 21.7. The van der Waals surface area contributed by atoms with Gasteiger partial charge in [-0.25, -0.2) is 0 Å². The maximum Gasteiger partial charge on any atom is 0.156 e. The van der Waals surface area contributed by atoms with Crippen LogP contribution in [-0.4, -0.2) is 27.2 Å². The minimum absolute atomic E-state index is 0.152. The first kappa shape index (κ1) is 23.5. The largest absolute Gasteiger partial charge is 0.390 e. The van der Waals surface area contributed by atoms with Crippen molar-refractivity contribution in [3.05, 3.63) is 36.0 Å². The summed E-state index contributed by atoms with van der Waals surface area (Å²) in [6, 6.07) is 0. The van der Waals surface area contributed by atoms with Crippen LogP contribution in [0, 0.1) is 23.2 Å². The van der Waals surface area contributed by atoms with Crippen molar-refractivity contribution in [1.82, 2.24) is 0 Å². The highest BCUT2D eigenvalue weighted by atomic mass is 16.3.